The van der Waals surface area contributed by atoms with Gasteiger partial charge in [0.05, 0.1) is 18.5 Å². The van der Waals surface area contributed by atoms with Gasteiger partial charge in [-0.3, -0.25) is 14.5 Å². The van der Waals surface area contributed by atoms with Crippen LogP contribution >= 0.6 is 0 Å². The number of nitrogens with one attached hydrogen (secondary N) is 1. The number of hydrogen-bond donors (Lipinski definition) is 1. The minimum absolute atomic E-state index is 0.0261. The van der Waals surface area contributed by atoms with Crippen molar-refractivity contribution in [3.8, 4) is 11.4 Å². The van der Waals surface area contributed by atoms with Crippen molar-refractivity contribution in [1.82, 2.24) is 24.9 Å². The van der Waals surface area contributed by atoms with Crippen molar-refractivity contribution in [3.05, 3.63) is 41.2 Å². The number of rotatable bonds is 9. The molecular weight excluding hydrogens is 466 g/mol. The van der Waals surface area contributed by atoms with Crippen LogP contribution < -0.4 is 10.1 Å². The maximum Gasteiger partial charge on any atom is 0.246 e. The maximum absolute atomic E-state index is 13.6. The van der Waals surface area contributed by atoms with E-state index in [4.69, 9.17) is 9.84 Å². The molecule has 8 nitrogen and oxygen atoms in total. The Labute approximate surface area is 221 Å². The molecule has 2 saturated heterocycles. The second kappa shape index (κ2) is 11.3. The van der Waals surface area contributed by atoms with Crippen LogP contribution in [0.15, 0.2) is 24.3 Å². The number of methoxy groups -OCH3 is 1. The number of carbonyl (C=O) groups is 2. The molecule has 2 aliphatic heterocycles. The Morgan fingerprint density at radius 3 is 2.49 bits per heavy atom. The third-order valence-corrected chi connectivity index (χ3v) is 7.85. The summed E-state index contributed by atoms with van der Waals surface area (Å²) in [4.78, 5) is 31.4. The van der Waals surface area contributed by atoms with Crippen LogP contribution in [0.2, 0.25) is 0 Å². The van der Waals surface area contributed by atoms with E-state index in [0.29, 0.717) is 31.7 Å². The fraction of sp³-hybridized carbons (Fsp3) is 0.621. The predicted octanol–water partition coefficient (Wildman–Crippen LogP) is 4.01. The van der Waals surface area contributed by atoms with Crippen LogP contribution in [0, 0.1) is 19.8 Å². The van der Waals surface area contributed by atoms with Crippen molar-refractivity contribution in [2.75, 3.05) is 26.7 Å². The van der Waals surface area contributed by atoms with E-state index in [1.54, 1.807) is 7.11 Å². The predicted molar refractivity (Wildman–Crippen MR) is 145 cm³/mol. The lowest BCUT2D eigenvalue weighted by molar-refractivity contribution is -0.161. The second-order valence-corrected chi connectivity index (χ2v) is 11.1. The van der Waals surface area contributed by atoms with E-state index in [9.17, 15) is 9.59 Å². The van der Waals surface area contributed by atoms with Crippen LogP contribution in [0.4, 0.5) is 0 Å². The van der Waals surface area contributed by atoms with E-state index in [0.717, 1.165) is 60.9 Å². The Hall–Kier alpha value is -2.87. The third-order valence-electron chi connectivity index (χ3n) is 7.85. The first kappa shape index (κ1) is 27.2. The smallest absolute Gasteiger partial charge is 0.246 e. The van der Waals surface area contributed by atoms with Crippen molar-refractivity contribution in [3.63, 3.8) is 0 Å². The normalized spacial score (nSPS) is 20.1. The van der Waals surface area contributed by atoms with Gasteiger partial charge >= 0.3 is 0 Å². The number of piperazine rings is 1. The highest BCUT2D eigenvalue weighted by Gasteiger charge is 2.53. The Morgan fingerprint density at radius 1 is 1.16 bits per heavy atom. The SMILES string of the molecule is CCCCN1C(=O)C(CC(C)C)NC(=O)C12CCN(Cc1cc(OC)ccc1-n1nc(C)cc1C)CC2. The number of likely N-dealkylation sites (tertiary alicyclic amines) is 1. The van der Waals surface area contributed by atoms with Crippen LogP contribution in [-0.4, -0.2) is 69.7 Å². The topological polar surface area (TPSA) is 79.7 Å². The standard InChI is InChI=1S/C29H43N5O3/c1-7-8-13-33-27(35)25(16-20(2)3)30-28(36)29(33)11-14-32(15-12-29)19-23-18-24(37-6)9-10-26(23)34-22(5)17-21(4)31-34/h9-10,17-18,20,25H,7-8,11-16,19H2,1-6H3,(H,30,36). The molecule has 0 bridgehead atoms. The van der Waals surface area contributed by atoms with Crippen molar-refractivity contribution in [2.45, 2.75) is 84.8 Å². The van der Waals surface area contributed by atoms with E-state index in [-0.39, 0.29) is 11.8 Å². The van der Waals surface area contributed by atoms with Gasteiger partial charge in [-0.05, 0) is 75.3 Å². The molecule has 1 unspecified atom stereocenters. The molecule has 0 saturated carbocycles. The van der Waals surface area contributed by atoms with E-state index < -0.39 is 11.6 Å². The monoisotopic (exact) mass is 509 g/mol. The first-order valence-electron chi connectivity index (χ1n) is 13.7. The molecule has 2 fully saturated rings. The van der Waals surface area contributed by atoms with Crippen molar-refractivity contribution < 1.29 is 14.3 Å². The first-order valence-corrected chi connectivity index (χ1v) is 13.7. The third kappa shape index (κ3) is 5.54. The fourth-order valence-electron chi connectivity index (χ4n) is 5.86. The molecule has 202 valence electrons. The lowest BCUT2D eigenvalue weighted by atomic mass is 9.80. The summed E-state index contributed by atoms with van der Waals surface area (Å²) in [5.74, 6) is 1.28. The number of carbonyl (C=O) groups excluding carboxylic acids is 2. The van der Waals surface area contributed by atoms with Crippen molar-refractivity contribution >= 4 is 11.8 Å². The number of hydrogen-bond acceptors (Lipinski definition) is 5. The van der Waals surface area contributed by atoms with E-state index in [1.165, 1.54) is 0 Å². The van der Waals surface area contributed by atoms with Crippen LogP contribution in [-0.2, 0) is 16.1 Å². The van der Waals surface area contributed by atoms with Crippen LogP contribution in [0.1, 0.15) is 69.8 Å². The molecule has 0 aliphatic carbocycles. The van der Waals surface area contributed by atoms with Crippen molar-refractivity contribution in [2.24, 2.45) is 5.92 Å². The number of ether oxygens (including phenoxy) is 1. The summed E-state index contributed by atoms with van der Waals surface area (Å²) in [6.07, 6.45) is 3.87. The highest BCUT2D eigenvalue weighted by atomic mass is 16.5. The average Bonchev–Trinajstić information content (AvgIpc) is 3.20. The quantitative estimate of drug-likeness (QED) is 0.553. The van der Waals surface area contributed by atoms with Gasteiger partial charge in [-0.15, -0.1) is 0 Å². The summed E-state index contributed by atoms with van der Waals surface area (Å²) >= 11 is 0. The minimum Gasteiger partial charge on any atom is -0.497 e. The lowest BCUT2D eigenvalue weighted by Crippen LogP contribution is -2.73. The molecule has 0 radical (unpaired) electrons. The van der Waals surface area contributed by atoms with Crippen molar-refractivity contribution in [1.29, 1.82) is 0 Å². The van der Waals surface area contributed by atoms with E-state index in [1.807, 2.05) is 22.6 Å². The molecule has 1 atom stereocenters. The Bertz CT molecular complexity index is 1120. The zero-order chi connectivity index (χ0) is 26.7. The minimum atomic E-state index is -0.747. The molecule has 2 amide bonds. The molecule has 37 heavy (non-hydrogen) atoms. The van der Waals surface area contributed by atoms with Gasteiger partial charge in [0.15, 0.2) is 0 Å². The van der Waals surface area contributed by atoms with Gasteiger partial charge in [0.25, 0.3) is 0 Å². The number of aromatic nitrogens is 2. The zero-order valence-electron chi connectivity index (χ0n) is 23.3. The number of benzene rings is 1. The summed E-state index contributed by atoms with van der Waals surface area (Å²) in [5, 5.41) is 7.81. The van der Waals surface area contributed by atoms with E-state index in [2.05, 4.69) is 56.1 Å². The lowest BCUT2D eigenvalue weighted by Gasteiger charge is -2.52. The molecule has 1 aromatic heterocycles. The van der Waals surface area contributed by atoms with Gasteiger partial charge in [0.1, 0.15) is 17.3 Å². The fourth-order valence-corrected chi connectivity index (χ4v) is 5.86. The van der Waals surface area contributed by atoms with Crippen LogP contribution in [0.5, 0.6) is 5.75 Å². The van der Waals surface area contributed by atoms with Gasteiger partial charge in [-0.1, -0.05) is 27.2 Å². The Morgan fingerprint density at radius 2 is 1.89 bits per heavy atom. The van der Waals surface area contributed by atoms with Gasteiger partial charge in [0.2, 0.25) is 11.8 Å². The number of amides is 2. The first-order chi connectivity index (χ1) is 17.7. The molecule has 1 aromatic carbocycles. The van der Waals surface area contributed by atoms with Crippen LogP contribution in [0.3, 0.4) is 0 Å². The summed E-state index contributed by atoms with van der Waals surface area (Å²) in [6, 6.07) is 7.78. The second-order valence-electron chi connectivity index (χ2n) is 11.1. The molecule has 8 heteroatoms. The average molecular weight is 510 g/mol. The molecule has 2 aliphatic rings. The van der Waals surface area contributed by atoms with Gasteiger partial charge in [0, 0.05) is 31.9 Å². The molecular formula is C29H43N5O3. The maximum atomic E-state index is 13.6. The number of piperidine rings is 1. The Kier molecular flexibility index (Phi) is 8.26. The summed E-state index contributed by atoms with van der Waals surface area (Å²) < 4.78 is 7.52. The highest BCUT2D eigenvalue weighted by Crippen LogP contribution is 2.35. The number of unbranched alkanes of at least 4 members (excludes halogenated alkanes) is 1. The summed E-state index contributed by atoms with van der Waals surface area (Å²) in [5.41, 5.74) is 3.49. The highest BCUT2D eigenvalue weighted by molar-refractivity contribution is 6.00. The number of aryl methyl sites for hydroxylation is 2. The van der Waals surface area contributed by atoms with Gasteiger partial charge in [-0.25, -0.2) is 4.68 Å². The molecule has 1 spiro atoms. The van der Waals surface area contributed by atoms with Gasteiger partial charge < -0.3 is 15.0 Å². The van der Waals surface area contributed by atoms with Gasteiger partial charge in [-0.2, -0.15) is 5.10 Å². The molecule has 4 rings (SSSR count). The molecule has 3 heterocycles. The Balaban J connectivity index is 1.54. The molecule has 1 N–H and O–H groups in total. The largest absolute Gasteiger partial charge is 0.497 e. The summed E-state index contributed by atoms with van der Waals surface area (Å²) in [6.45, 7) is 13.2. The van der Waals surface area contributed by atoms with E-state index >= 15 is 0 Å². The molecule has 2 aromatic rings. The zero-order valence-corrected chi connectivity index (χ0v) is 23.3. The summed E-state index contributed by atoms with van der Waals surface area (Å²) in [7, 11) is 1.68. The van der Waals surface area contributed by atoms with Crippen LogP contribution in [0.25, 0.3) is 5.69 Å². The number of nitrogens with zero attached hydrogens (tertiary/aromatic N) is 4.